The summed E-state index contributed by atoms with van der Waals surface area (Å²) >= 11 is 6.17. The van der Waals surface area contributed by atoms with Crippen molar-refractivity contribution in [2.75, 3.05) is 38.1 Å². The molecule has 160 valence electrons. The van der Waals surface area contributed by atoms with Crippen molar-refractivity contribution in [1.29, 1.82) is 0 Å². The molecule has 2 N–H and O–H groups in total. The van der Waals surface area contributed by atoms with E-state index < -0.39 is 0 Å². The molecule has 0 radical (unpaired) electrons. The zero-order chi connectivity index (χ0) is 21.2. The molecule has 1 unspecified atom stereocenters. The number of carbonyl (C=O) groups excluding carboxylic acids is 1. The average Bonchev–Trinajstić information content (AvgIpc) is 2.79. The summed E-state index contributed by atoms with van der Waals surface area (Å²) in [7, 11) is 0. The fraction of sp³-hybridized carbons (Fsp3) is 0.333. The van der Waals surface area contributed by atoms with Crippen LogP contribution in [0.5, 0.6) is 5.75 Å². The van der Waals surface area contributed by atoms with Crippen LogP contribution in [-0.2, 0) is 11.3 Å². The number of pyridine rings is 1. The summed E-state index contributed by atoms with van der Waals surface area (Å²) in [6.45, 7) is 5.62. The van der Waals surface area contributed by atoms with Crippen LogP contribution in [0.1, 0.15) is 23.5 Å². The van der Waals surface area contributed by atoms with E-state index in [1.165, 1.54) is 5.56 Å². The van der Waals surface area contributed by atoms with Crippen molar-refractivity contribution in [3.63, 3.8) is 0 Å². The number of ether oxygens (including phenoxy) is 1. The Kier molecular flexibility index (Phi) is 5.76. The van der Waals surface area contributed by atoms with Gasteiger partial charge in [0, 0.05) is 60.3 Å². The number of amides is 1. The molecule has 2 aliphatic heterocycles. The SMILES string of the molecule is O=C(Nc1cncc2cc(CN3CCNCC3)ccc12)C1CCOc2ccc(Cl)cc21. The van der Waals surface area contributed by atoms with Crippen molar-refractivity contribution in [2.45, 2.75) is 18.9 Å². The predicted octanol–water partition coefficient (Wildman–Crippen LogP) is 3.80. The first-order valence-electron chi connectivity index (χ1n) is 10.7. The molecule has 0 spiro atoms. The lowest BCUT2D eigenvalue weighted by Gasteiger charge is -2.27. The molecule has 7 heteroatoms. The van der Waals surface area contributed by atoms with Gasteiger partial charge >= 0.3 is 0 Å². The molecular formula is C24H25ClN4O2. The number of anilines is 1. The molecule has 31 heavy (non-hydrogen) atoms. The molecule has 1 saturated heterocycles. The van der Waals surface area contributed by atoms with Crippen LogP contribution in [0, 0.1) is 0 Å². The van der Waals surface area contributed by atoms with Gasteiger partial charge in [-0.3, -0.25) is 14.7 Å². The zero-order valence-corrected chi connectivity index (χ0v) is 18.0. The molecule has 6 nitrogen and oxygen atoms in total. The normalized spacial score (nSPS) is 18.9. The molecule has 0 saturated carbocycles. The van der Waals surface area contributed by atoms with Crippen molar-refractivity contribution in [3.05, 3.63) is 64.9 Å². The van der Waals surface area contributed by atoms with Gasteiger partial charge in [0.2, 0.25) is 5.91 Å². The molecule has 1 atom stereocenters. The summed E-state index contributed by atoms with van der Waals surface area (Å²) in [5.74, 6) is 0.361. The molecule has 3 heterocycles. The van der Waals surface area contributed by atoms with Crippen molar-refractivity contribution in [1.82, 2.24) is 15.2 Å². The van der Waals surface area contributed by atoms with Gasteiger partial charge < -0.3 is 15.4 Å². The summed E-state index contributed by atoms with van der Waals surface area (Å²) in [6.07, 6.45) is 4.19. The maximum Gasteiger partial charge on any atom is 0.232 e. The minimum absolute atomic E-state index is 0.0639. The highest BCUT2D eigenvalue weighted by molar-refractivity contribution is 6.30. The number of halogens is 1. The number of fused-ring (bicyclic) bond motifs is 2. The van der Waals surface area contributed by atoms with E-state index in [9.17, 15) is 4.79 Å². The van der Waals surface area contributed by atoms with Crippen LogP contribution in [0.4, 0.5) is 5.69 Å². The predicted molar refractivity (Wildman–Crippen MR) is 123 cm³/mol. The van der Waals surface area contributed by atoms with Crippen LogP contribution >= 0.6 is 11.6 Å². The van der Waals surface area contributed by atoms with Crippen molar-refractivity contribution >= 4 is 34.0 Å². The minimum Gasteiger partial charge on any atom is -0.493 e. The van der Waals surface area contributed by atoms with Gasteiger partial charge in [0.15, 0.2) is 0 Å². The Labute approximate surface area is 186 Å². The van der Waals surface area contributed by atoms with Crippen LogP contribution in [0.3, 0.4) is 0 Å². The van der Waals surface area contributed by atoms with Gasteiger partial charge in [0.05, 0.1) is 24.4 Å². The van der Waals surface area contributed by atoms with Gasteiger partial charge in [-0.25, -0.2) is 0 Å². The monoisotopic (exact) mass is 436 g/mol. The van der Waals surface area contributed by atoms with Crippen molar-refractivity contribution < 1.29 is 9.53 Å². The molecule has 2 aliphatic rings. The molecule has 1 amide bonds. The number of hydrogen-bond donors (Lipinski definition) is 2. The van der Waals surface area contributed by atoms with E-state index in [0.29, 0.717) is 18.1 Å². The van der Waals surface area contributed by atoms with Gasteiger partial charge in [-0.1, -0.05) is 23.7 Å². The Morgan fingerprint density at radius 1 is 1.19 bits per heavy atom. The highest BCUT2D eigenvalue weighted by Crippen LogP contribution is 2.36. The molecule has 1 aromatic heterocycles. The minimum atomic E-state index is -0.301. The average molecular weight is 437 g/mol. The Balaban J connectivity index is 1.37. The van der Waals surface area contributed by atoms with E-state index in [2.05, 4.69) is 38.7 Å². The fourth-order valence-electron chi connectivity index (χ4n) is 4.41. The summed E-state index contributed by atoms with van der Waals surface area (Å²) in [6, 6.07) is 11.8. The number of hydrogen-bond acceptors (Lipinski definition) is 5. The molecular weight excluding hydrogens is 412 g/mol. The summed E-state index contributed by atoms with van der Waals surface area (Å²) < 4.78 is 5.70. The number of carbonyl (C=O) groups is 1. The van der Waals surface area contributed by atoms with Gasteiger partial charge in [-0.2, -0.15) is 0 Å². The number of nitrogens with one attached hydrogen (secondary N) is 2. The lowest BCUT2D eigenvalue weighted by molar-refractivity contribution is -0.118. The molecule has 5 rings (SSSR count). The second-order valence-electron chi connectivity index (χ2n) is 8.13. The second kappa shape index (κ2) is 8.83. The van der Waals surface area contributed by atoms with E-state index in [1.54, 1.807) is 12.3 Å². The molecule has 1 fully saturated rings. The van der Waals surface area contributed by atoms with E-state index in [0.717, 1.165) is 60.5 Å². The van der Waals surface area contributed by atoms with Gasteiger partial charge in [-0.05, 0) is 36.2 Å². The largest absolute Gasteiger partial charge is 0.493 e. The van der Waals surface area contributed by atoms with Crippen molar-refractivity contribution in [2.24, 2.45) is 0 Å². The van der Waals surface area contributed by atoms with E-state index in [1.807, 2.05) is 18.3 Å². The second-order valence-corrected chi connectivity index (χ2v) is 8.57. The third kappa shape index (κ3) is 4.37. The first-order valence-corrected chi connectivity index (χ1v) is 11.1. The molecule has 0 aliphatic carbocycles. The quantitative estimate of drug-likeness (QED) is 0.651. The Hall–Kier alpha value is -2.67. The first kappa shape index (κ1) is 20.2. The number of rotatable bonds is 4. The summed E-state index contributed by atoms with van der Waals surface area (Å²) in [5, 5.41) is 9.10. The lowest BCUT2D eigenvalue weighted by Crippen LogP contribution is -2.42. The van der Waals surface area contributed by atoms with E-state index in [4.69, 9.17) is 16.3 Å². The lowest BCUT2D eigenvalue weighted by atomic mass is 9.92. The van der Waals surface area contributed by atoms with Crippen LogP contribution in [-0.4, -0.2) is 48.6 Å². The highest BCUT2D eigenvalue weighted by Gasteiger charge is 2.28. The summed E-state index contributed by atoms with van der Waals surface area (Å²) in [5.41, 5.74) is 2.82. The first-order chi connectivity index (χ1) is 15.2. The maximum atomic E-state index is 13.2. The van der Waals surface area contributed by atoms with Gasteiger partial charge in [-0.15, -0.1) is 0 Å². The van der Waals surface area contributed by atoms with Gasteiger partial charge in [0.1, 0.15) is 5.75 Å². The Morgan fingerprint density at radius 2 is 2.06 bits per heavy atom. The van der Waals surface area contributed by atoms with E-state index in [-0.39, 0.29) is 11.8 Å². The zero-order valence-electron chi connectivity index (χ0n) is 17.2. The van der Waals surface area contributed by atoms with Crippen LogP contribution < -0.4 is 15.4 Å². The standard InChI is InChI=1S/C24H25ClN4O2/c25-18-2-4-23-21(12-18)20(5-10-31-23)24(30)28-22-14-27-13-17-11-16(1-3-19(17)22)15-29-8-6-26-7-9-29/h1-4,11-14,20,26H,5-10,15H2,(H,28,30). The Bertz CT molecular complexity index is 1110. The fourth-order valence-corrected chi connectivity index (χ4v) is 4.59. The number of aromatic nitrogens is 1. The maximum absolute atomic E-state index is 13.2. The van der Waals surface area contributed by atoms with Crippen LogP contribution in [0.25, 0.3) is 10.8 Å². The van der Waals surface area contributed by atoms with Crippen LogP contribution in [0.2, 0.25) is 5.02 Å². The Morgan fingerprint density at radius 3 is 2.94 bits per heavy atom. The number of piperazine rings is 1. The van der Waals surface area contributed by atoms with Gasteiger partial charge in [0.25, 0.3) is 0 Å². The van der Waals surface area contributed by atoms with E-state index >= 15 is 0 Å². The molecule has 3 aromatic rings. The number of nitrogens with zero attached hydrogens (tertiary/aromatic N) is 2. The third-order valence-electron chi connectivity index (χ3n) is 6.02. The topological polar surface area (TPSA) is 66.5 Å². The molecule has 2 aromatic carbocycles. The smallest absolute Gasteiger partial charge is 0.232 e. The van der Waals surface area contributed by atoms with Crippen molar-refractivity contribution in [3.8, 4) is 5.75 Å². The third-order valence-corrected chi connectivity index (χ3v) is 6.26. The number of benzene rings is 2. The summed E-state index contributed by atoms with van der Waals surface area (Å²) in [4.78, 5) is 20.0. The highest BCUT2D eigenvalue weighted by atomic mass is 35.5. The molecule has 0 bridgehead atoms. The van der Waals surface area contributed by atoms with Crippen LogP contribution in [0.15, 0.2) is 48.8 Å².